The monoisotopic (exact) mass is 187 g/mol. The van der Waals surface area contributed by atoms with Crippen LogP contribution in [0.1, 0.15) is 11.1 Å². The van der Waals surface area contributed by atoms with Crippen LogP contribution in [0.25, 0.3) is 11.1 Å². The molecule has 65 valence electrons. The van der Waals surface area contributed by atoms with Gasteiger partial charge in [-0.25, -0.2) is 0 Å². The van der Waals surface area contributed by atoms with E-state index in [1.54, 1.807) is 11.3 Å². The van der Waals surface area contributed by atoms with Gasteiger partial charge in [0.05, 0.1) is 0 Å². The second-order valence-electron chi connectivity index (χ2n) is 3.25. The van der Waals surface area contributed by atoms with Crippen molar-refractivity contribution in [3.63, 3.8) is 0 Å². The zero-order valence-corrected chi connectivity index (χ0v) is 8.61. The average Bonchev–Trinajstić information content (AvgIpc) is 2.62. The Morgan fingerprint density at radius 1 is 1.08 bits per heavy atom. The number of aryl methyl sites for hydroxylation is 2. The van der Waals surface area contributed by atoms with E-state index in [0.717, 1.165) is 0 Å². The van der Waals surface area contributed by atoms with Crippen molar-refractivity contribution in [2.45, 2.75) is 13.8 Å². The molecular formula is C12H11S. The molecule has 0 atom stereocenters. The molecule has 0 bridgehead atoms. The first-order valence-electron chi connectivity index (χ1n) is 4.29. The predicted octanol–water partition coefficient (Wildman–Crippen LogP) is 3.83. The molecule has 1 heterocycles. The fourth-order valence-electron chi connectivity index (χ4n) is 1.30. The highest BCUT2D eigenvalue weighted by molar-refractivity contribution is 7.07. The zero-order valence-electron chi connectivity index (χ0n) is 7.79. The Labute approximate surface area is 82.9 Å². The summed E-state index contributed by atoms with van der Waals surface area (Å²) in [7, 11) is 0. The van der Waals surface area contributed by atoms with Crippen molar-refractivity contribution in [1.82, 2.24) is 0 Å². The van der Waals surface area contributed by atoms with Gasteiger partial charge in [-0.2, -0.15) is 0 Å². The molecule has 0 saturated carbocycles. The van der Waals surface area contributed by atoms with Gasteiger partial charge in [0.25, 0.3) is 0 Å². The van der Waals surface area contributed by atoms with Crippen molar-refractivity contribution in [1.29, 1.82) is 0 Å². The average molecular weight is 187 g/mol. The SMILES string of the molecule is Cc1ccc(-c2c[c]sc2)cc1C. The summed E-state index contributed by atoms with van der Waals surface area (Å²) >= 11 is 1.62. The van der Waals surface area contributed by atoms with E-state index in [4.69, 9.17) is 0 Å². The van der Waals surface area contributed by atoms with Crippen LogP contribution in [0.4, 0.5) is 0 Å². The summed E-state index contributed by atoms with van der Waals surface area (Å²) in [5.74, 6) is 0. The summed E-state index contributed by atoms with van der Waals surface area (Å²) in [6.45, 7) is 4.29. The topological polar surface area (TPSA) is 0 Å². The molecule has 0 amide bonds. The molecule has 1 aromatic heterocycles. The highest BCUT2D eigenvalue weighted by Gasteiger charge is 1.99. The van der Waals surface area contributed by atoms with Crippen LogP contribution in [0.3, 0.4) is 0 Å². The Bertz CT molecular complexity index is 399. The van der Waals surface area contributed by atoms with E-state index >= 15 is 0 Å². The summed E-state index contributed by atoms with van der Waals surface area (Å²) in [4.78, 5) is 0. The van der Waals surface area contributed by atoms with Gasteiger partial charge in [-0.3, -0.25) is 0 Å². The van der Waals surface area contributed by atoms with Gasteiger partial charge in [-0.15, -0.1) is 11.3 Å². The van der Waals surface area contributed by atoms with Crippen LogP contribution in [0.2, 0.25) is 0 Å². The van der Waals surface area contributed by atoms with Crippen LogP contribution < -0.4 is 0 Å². The number of hydrogen-bond acceptors (Lipinski definition) is 1. The van der Waals surface area contributed by atoms with Crippen LogP contribution in [0.5, 0.6) is 0 Å². The van der Waals surface area contributed by atoms with Gasteiger partial charge in [0, 0.05) is 5.38 Å². The summed E-state index contributed by atoms with van der Waals surface area (Å²) < 4.78 is 0. The van der Waals surface area contributed by atoms with Crippen LogP contribution in [0.15, 0.2) is 29.6 Å². The van der Waals surface area contributed by atoms with Gasteiger partial charge in [0.1, 0.15) is 0 Å². The minimum Gasteiger partial charge on any atom is -0.142 e. The van der Waals surface area contributed by atoms with Crippen molar-refractivity contribution >= 4 is 11.3 Å². The van der Waals surface area contributed by atoms with Crippen LogP contribution in [-0.4, -0.2) is 0 Å². The van der Waals surface area contributed by atoms with Gasteiger partial charge in [-0.05, 0) is 47.5 Å². The van der Waals surface area contributed by atoms with Gasteiger partial charge in [0.2, 0.25) is 0 Å². The number of thiophene rings is 1. The summed E-state index contributed by atoms with van der Waals surface area (Å²) in [6, 6.07) is 8.60. The molecule has 0 N–H and O–H groups in total. The lowest BCUT2D eigenvalue weighted by atomic mass is 10.0. The summed E-state index contributed by atoms with van der Waals surface area (Å²) in [5, 5.41) is 5.23. The van der Waals surface area contributed by atoms with Gasteiger partial charge in [-0.1, -0.05) is 18.2 Å². The molecule has 1 radical (unpaired) electrons. The number of rotatable bonds is 1. The molecule has 0 aliphatic heterocycles. The van der Waals surface area contributed by atoms with E-state index < -0.39 is 0 Å². The van der Waals surface area contributed by atoms with E-state index in [-0.39, 0.29) is 0 Å². The highest BCUT2D eigenvalue weighted by atomic mass is 32.1. The molecule has 0 nitrogen and oxygen atoms in total. The lowest BCUT2D eigenvalue weighted by Gasteiger charge is -2.02. The van der Waals surface area contributed by atoms with Crippen molar-refractivity contribution in [3.8, 4) is 11.1 Å². The third-order valence-corrected chi connectivity index (χ3v) is 2.93. The van der Waals surface area contributed by atoms with Gasteiger partial charge in [0.15, 0.2) is 0 Å². The second kappa shape index (κ2) is 3.35. The third-order valence-electron chi connectivity index (χ3n) is 2.31. The quantitative estimate of drug-likeness (QED) is 0.636. The van der Waals surface area contributed by atoms with Gasteiger partial charge < -0.3 is 0 Å². The second-order valence-corrected chi connectivity index (χ2v) is 3.96. The maximum absolute atomic E-state index is 3.10. The Morgan fingerprint density at radius 3 is 2.54 bits per heavy atom. The van der Waals surface area contributed by atoms with Crippen molar-refractivity contribution in [2.75, 3.05) is 0 Å². The molecule has 0 saturated heterocycles. The van der Waals surface area contributed by atoms with E-state index in [9.17, 15) is 0 Å². The molecule has 2 aromatic rings. The lowest BCUT2D eigenvalue weighted by Crippen LogP contribution is -1.81. The third kappa shape index (κ3) is 1.65. The van der Waals surface area contributed by atoms with Gasteiger partial charge >= 0.3 is 0 Å². The Morgan fingerprint density at radius 2 is 1.92 bits per heavy atom. The first kappa shape index (κ1) is 8.52. The Balaban J connectivity index is 2.49. The van der Waals surface area contributed by atoms with E-state index in [1.807, 2.05) is 6.07 Å². The first-order valence-corrected chi connectivity index (χ1v) is 5.17. The highest BCUT2D eigenvalue weighted by Crippen LogP contribution is 2.23. The van der Waals surface area contributed by atoms with Crippen LogP contribution in [-0.2, 0) is 0 Å². The van der Waals surface area contributed by atoms with E-state index in [0.29, 0.717) is 0 Å². The molecule has 0 unspecified atom stereocenters. The van der Waals surface area contributed by atoms with Crippen LogP contribution >= 0.6 is 11.3 Å². The molecule has 0 aliphatic rings. The molecule has 1 heteroatoms. The molecule has 0 fully saturated rings. The molecule has 1 aromatic carbocycles. The van der Waals surface area contributed by atoms with E-state index in [1.165, 1.54) is 22.3 Å². The molecular weight excluding hydrogens is 176 g/mol. The lowest BCUT2D eigenvalue weighted by molar-refractivity contribution is 1.34. The number of hydrogen-bond donors (Lipinski definition) is 0. The first-order chi connectivity index (χ1) is 6.27. The van der Waals surface area contributed by atoms with E-state index in [2.05, 4.69) is 42.8 Å². The summed E-state index contributed by atoms with van der Waals surface area (Å²) in [5.41, 5.74) is 5.26. The predicted molar refractivity (Wildman–Crippen MR) is 58.1 cm³/mol. The Hall–Kier alpha value is -1.08. The molecule has 0 spiro atoms. The smallest absolute Gasteiger partial charge is 0.0449 e. The Kier molecular flexibility index (Phi) is 2.19. The fraction of sp³-hybridized carbons (Fsp3) is 0.167. The maximum Gasteiger partial charge on any atom is 0.0449 e. The fourth-order valence-corrected chi connectivity index (χ4v) is 1.90. The largest absolute Gasteiger partial charge is 0.142 e. The van der Waals surface area contributed by atoms with Crippen molar-refractivity contribution < 1.29 is 0 Å². The van der Waals surface area contributed by atoms with Crippen LogP contribution in [0, 0.1) is 19.2 Å². The molecule has 13 heavy (non-hydrogen) atoms. The van der Waals surface area contributed by atoms with Crippen molar-refractivity contribution in [3.05, 3.63) is 46.2 Å². The standard InChI is InChI=1S/C12H11S/c1-9-3-4-11(7-10(9)2)12-5-6-13-8-12/h3-5,7-8H,1-2H3. The normalized spacial score (nSPS) is 10.3. The zero-order chi connectivity index (χ0) is 9.26. The minimum atomic E-state index is 1.27. The minimum absolute atomic E-state index is 1.27. The molecule has 0 aliphatic carbocycles. The summed E-state index contributed by atoms with van der Waals surface area (Å²) in [6.07, 6.45) is 0. The maximum atomic E-state index is 3.10. The number of benzene rings is 1. The molecule has 2 rings (SSSR count). The van der Waals surface area contributed by atoms with Crippen molar-refractivity contribution in [2.24, 2.45) is 0 Å².